The summed E-state index contributed by atoms with van der Waals surface area (Å²) in [7, 11) is 0. The molecule has 6 nitrogen and oxygen atoms in total. The molecule has 0 saturated heterocycles. The maximum atomic E-state index is 13.2. The van der Waals surface area contributed by atoms with Gasteiger partial charge in [0, 0.05) is 5.56 Å². The first-order valence-corrected chi connectivity index (χ1v) is 8.83. The lowest BCUT2D eigenvalue weighted by molar-refractivity contribution is 0.0942. The van der Waals surface area contributed by atoms with E-state index >= 15 is 0 Å². The molecule has 1 N–H and O–H groups in total. The second kappa shape index (κ2) is 7.25. The fourth-order valence-electron chi connectivity index (χ4n) is 3.09. The van der Waals surface area contributed by atoms with Crippen LogP contribution >= 0.6 is 0 Å². The molecule has 4 rings (SSSR count). The zero-order valence-corrected chi connectivity index (χ0v) is 14.6. The highest BCUT2D eigenvalue weighted by Crippen LogP contribution is 2.36. The minimum absolute atomic E-state index is 0.0155. The highest BCUT2D eigenvalue weighted by atomic mass is 16.7. The summed E-state index contributed by atoms with van der Waals surface area (Å²) in [5, 5.41) is 3.38. The smallest absolute Gasteiger partial charge is 0.231 e. The van der Waals surface area contributed by atoms with Crippen LogP contribution in [-0.2, 0) is 0 Å². The number of fused-ring (bicyclic) bond motifs is 2. The van der Waals surface area contributed by atoms with Crippen LogP contribution in [0.25, 0.3) is 0 Å². The van der Waals surface area contributed by atoms with Gasteiger partial charge >= 0.3 is 0 Å². The van der Waals surface area contributed by atoms with Crippen molar-refractivity contribution in [3.8, 4) is 23.0 Å². The summed E-state index contributed by atoms with van der Waals surface area (Å²) in [4.78, 5) is 13.2. The van der Waals surface area contributed by atoms with Crippen LogP contribution in [0.5, 0.6) is 23.0 Å². The van der Waals surface area contributed by atoms with Gasteiger partial charge in [-0.15, -0.1) is 0 Å². The number of nitrogens with one attached hydrogen (secondary N) is 1. The Morgan fingerprint density at radius 3 is 2.35 bits per heavy atom. The summed E-state index contributed by atoms with van der Waals surface area (Å²) in [6, 6.07) is 10.5. The van der Waals surface area contributed by atoms with Crippen molar-refractivity contribution in [2.75, 3.05) is 20.1 Å². The predicted octanol–water partition coefficient (Wildman–Crippen LogP) is 3.46. The van der Waals surface area contributed by atoms with Gasteiger partial charge in [0.05, 0.1) is 6.04 Å². The summed E-state index contributed by atoms with van der Waals surface area (Å²) >= 11 is 0. The largest absolute Gasteiger partial charge is 0.454 e. The molecule has 0 aromatic heterocycles. The number of Topliss-reactive ketones (excluding diaryl/α,β-unsaturated/α-hetero) is 1. The molecule has 0 bridgehead atoms. The number of unbranched alkanes of at least 4 members (excludes halogenated alkanes) is 1. The topological polar surface area (TPSA) is 66.0 Å². The van der Waals surface area contributed by atoms with Crippen molar-refractivity contribution >= 4 is 5.78 Å². The molecule has 0 saturated carbocycles. The second-order valence-electron chi connectivity index (χ2n) is 6.29. The van der Waals surface area contributed by atoms with E-state index in [0.717, 1.165) is 24.9 Å². The third-order valence-corrected chi connectivity index (χ3v) is 4.53. The van der Waals surface area contributed by atoms with Gasteiger partial charge in [-0.05, 0) is 48.9 Å². The summed E-state index contributed by atoms with van der Waals surface area (Å²) < 4.78 is 21.6. The molecule has 0 aliphatic carbocycles. The number of carbonyl (C=O) groups excluding carboxylic acids is 1. The van der Waals surface area contributed by atoms with E-state index in [4.69, 9.17) is 18.9 Å². The zero-order chi connectivity index (χ0) is 17.9. The lowest BCUT2D eigenvalue weighted by Gasteiger charge is -2.19. The molecule has 1 atom stereocenters. The molecular formula is C20H21NO5. The minimum atomic E-state index is -0.462. The third-order valence-electron chi connectivity index (χ3n) is 4.53. The van der Waals surface area contributed by atoms with E-state index < -0.39 is 6.04 Å². The van der Waals surface area contributed by atoms with E-state index in [1.807, 2.05) is 18.2 Å². The quantitative estimate of drug-likeness (QED) is 0.606. The van der Waals surface area contributed by atoms with Crippen molar-refractivity contribution in [3.05, 3.63) is 47.5 Å². The van der Waals surface area contributed by atoms with Gasteiger partial charge in [-0.2, -0.15) is 0 Å². The molecule has 2 heterocycles. The lowest BCUT2D eigenvalue weighted by Crippen LogP contribution is -2.29. The Kier molecular flexibility index (Phi) is 4.67. The maximum Gasteiger partial charge on any atom is 0.231 e. The Morgan fingerprint density at radius 2 is 1.62 bits per heavy atom. The number of benzene rings is 2. The average molecular weight is 355 g/mol. The zero-order valence-electron chi connectivity index (χ0n) is 14.6. The Hall–Kier alpha value is -2.73. The van der Waals surface area contributed by atoms with Crippen LogP contribution in [0, 0.1) is 0 Å². The molecule has 26 heavy (non-hydrogen) atoms. The van der Waals surface area contributed by atoms with Crippen LogP contribution in [0.3, 0.4) is 0 Å². The molecule has 136 valence electrons. The molecule has 0 radical (unpaired) electrons. The van der Waals surface area contributed by atoms with Gasteiger partial charge < -0.3 is 24.3 Å². The molecule has 6 heteroatoms. The van der Waals surface area contributed by atoms with Gasteiger partial charge in [-0.3, -0.25) is 4.79 Å². The SMILES string of the molecule is CCCCN[C@H](C(=O)c1ccc2c(c1)OCO2)c1ccc2c(c1)OCO2. The van der Waals surface area contributed by atoms with Crippen LogP contribution in [-0.4, -0.2) is 25.9 Å². The summed E-state index contributed by atoms with van der Waals surface area (Å²) in [6.45, 7) is 3.28. The summed E-state index contributed by atoms with van der Waals surface area (Å²) in [6.07, 6.45) is 2.05. The van der Waals surface area contributed by atoms with Gasteiger partial charge in [0.2, 0.25) is 13.6 Å². The van der Waals surface area contributed by atoms with Crippen molar-refractivity contribution < 1.29 is 23.7 Å². The molecule has 0 amide bonds. The molecule has 2 aromatic rings. The van der Waals surface area contributed by atoms with E-state index in [1.165, 1.54) is 0 Å². The summed E-state index contributed by atoms with van der Waals surface area (Å²) in [5.74, 6) is 2.63. The first-order chi connectivity index (χ1) is 12.8. The van der Waals surface area contributed by atoms with Gasteiger partial charge in [-0.25, -0.2) is 0 Å². The lowest BCUT2D eigenvalue weighted by atomic mass is 9.96. The van der Waals surface area contributed by atoms with E-state index in [9.17, 15) is 4.79 Å². The number of ketones is 1. The minimum Gasteiger partial charge on any atom is -0.454 e. The van der Waals surface area contributed by atoms with Gasteiger partial charge in [0.25, 0.3) is 0 Å². The Balaban J connectivity index is 1.63. The highest BCUT2D eigenvalue weighted by molar-refractivity contribution is 6.01. The number of ether oxygens (including phenoxy) is 4. The van der Waals surface area contributed by atoms with Crippen molar-refractivity contribution in [1.82, 2.24) is 5.32 Å². The second-order valence-corrected chi connectivity index (χ2v) is 6.29. The first kappa shape index (κ1) is 16.7. The van der Waals surface area contributed by atoms with E-state index in [-0.39, 0.29) is 19.4 Å². The molecule has 0 spiro atoms. The van der Waals surface area contributed by atoms with Crippen molar-refractivity contribution in [3.63, 3.8) is 0 Å². The monoisotopic (exact) mass is 355 g/mol. The number of rotatable bonds is 7. The van der Waals surface area contributed by atoms with Crippen molar-refractivity contribution in [2.45, 2.75) is 25.8 Å². The fourth-order valence-corrected chi connectivity index (χ4v) is 3.09. The fraction of sp³-hybridized carbons (Fsp3) is 0.350. The molecule has 2 aliphatic rings. The van der Waals surface area contributed by atoms with Crippen LogP contribution in [0.2, 0.25) is 0 Å². The Morgan fingerprint density at radius 1 is 0.962 bits per heavy atom. The van der Waals surface area contributed by atoms with E-state index in [1.54, 1.807) is 18.2 Å². The number of hydrogen-bond donors (Lipinski definition) is 1. The third kappa shape index (κ3) is 3.20. The van der Waals surface area contributed by atoms with Crippen LogP contribution in [0.15, 0.2) is 36.4 Å². The van der Waals surface area contributed by atoms with Gasteiger partial charge in [0.1, 0.15) is 0 Å². The van der Waals surface area contributed by atoms with Crippen LogP contribution < -0.4 is 24.3 Å². The van der Waals surface area contributed by atoms with Crippen molar-refractivity contribution in [2.24, 2.45) is 0 Å². The molecular weight excluding hydrogens is 334 g/mol. The first-order valence-electron chi connectivity index (χ1n) is 8.83. The van der Waals surface area contributed by atoms with Gasteiger partial charge in [-0.1, -0.05) is 19.4 Å². The van der Waals surface area contributed by atoms with Crippen LogP contribution in [0.4, 0.5) is 0 Å². The van der Waals surface area contributed by atoms with E-state index in [0.29, 0.717) is 28.6 Å². The average Bonchev–Trinajstić information content (AvgIpc) is 3.32. The molecule has 2 aromatic carbocycles. The standard InChI is InChI=1S/C20H21NO5/c1-2-3-8-21-19(13-4-6-15-17(9-13)25-11-23-15)20(22)14-5-7-16-18(10-14)26-12-24-16/h4-7,9-10,19,21H,2-3,8,11-12H2,1H3/t19-/m0/s1. The molecule has 2 aliphatic heterocycles. The molecule has 0 unspecified atom stereocenters. The predicted molar refractivity (Wildman–Crippen MR) is 95.1 cm³/mol. The van der Waals surface area contributed by atoms with Crippen LogP contribution in [0.1, 0.15) is 41.7 Å². The maximum absolute atomic E-state index is 13.2. The normalized spacial score (nSPS) is 15.1. The Labute approximate surface area is 152 Å². The van der Waals surface area contributed by atoms with Gasteiger partial charge in [0.15, 0.2) is 28.8 Å². The Bertz CT molecular complexity index is 820. The van der Waals surface area contributed by atoms with Crippen molar-refractivity contribution in [1.29, 1.82) is 0 Å². The van der Waals surface area contributed by atoms with E-state index in [2.05, 4.69) is 12.2 Å². The molecule has 0 fully saturated rings. The number of hydrogen-bond acceptors (Lipinski definition) is 6. The number of carbonyl (C=O) groups is 1. The summed E-state index contributed by atoms with van der Waals surface area (Å²) in [5.41, 5.74) is 1.44. The highest BCUT2D eigenvalue weighted by Gasteiger charge is 2.26.